The molecule has 0 unspecified atom stereocenters. The lowest BCUT2D eigenvalue weighted by molar-refractivity contribution is 0.279. The van der Waals surface area contributed by atoms with Crippen LogP contribution < -0.4 is 10.7 Å². The number of hydrogen-bond acceptors (Lipinski definition) is 2. The van der Waals surface area contributed by atoms with Gasteiger partial charge in [0, 0.05) is 17.3 Å². The average molecular weight is 304 g/mol. The second kappa shape index (κ2) is 5.79. The molecule has 5 heteroatoms. The molecule has 2 N–H and O–H groups in total. The standard InChI is InChI=1S/C15H14ClN3S/c16-13-5-7-14(8-6-13)18-15(20)19-10-12-4-2-1-3-11(12)9-17-19/h1-8,17H,9-10H2,(H,18,20). The Hall–Kier alpha value is -1.62. The molecule has 0 bridgehead atoms. The van der Waals surface area contributed by atoms with Crippen LogP contribution in [0, 0.1) is 0 Å². The lowest BCUT2D eigenvalue weighted by atomic mass is 10.1. The Morgan fingerprint density at radius 3 is 2.55 bits per heavy atom. The van der Waals surface area contributed by atoms with Crippen molar-refractivity contribution in [2.75, 3.05) is 5.32 Å². The van der Waals surface area contributed by atoms with Gasteiger partial charge in [0.2, 0.25) is 0 Å². The number of nitrogens with zero attached hydrogens (tertiary/aromatic N) is 1. The highest BCUT2D eigenvalue weighted by molar-refractivity contribution is 7.80. The van der Waals surface area contributed by atoms with Gasteiger partial charge < -0.3 is 5.32 Å². The van der Waals surface area contributed by atoms with Crippen molar-refractivity contribution in [3.05, 3.63) is 64.7 Å². The number of halogens is 1. The molecule has 0 fully saturated rings. The maximum Gasteiger partial charge on any atom is 0.188 e. The summed E-state index contributed by atoms with van der Waals surface area (Å²) in [6.07, 6.45) is 0. The van der Waals surface area contributed by atoms with Crippen molar-refractivity contribution >= 4 is 34.6 Å². The van der Waals surface area contributed by atoms with Crippen LogP contribution in [0.2, 0.25) is 5.02 Å². The van der Waals surface area contributed by atoms with E-state index >= 15 is 0 Å². The summed E-state index contributed by atoms with van der Waals surface area (Å²) in [5, 5.41) is 6.53. The molecule has 1 heterocycles. The van der Waals surface area contributed by atoms with Gasteiger partial charge >= 0.3 is 0 Å². The smallest absolute Gasteiger partial charge is 0.188 e. The summed E-state index contributed by atoms with van der Waals surface area (Å²) in [4.78, 5) is 0. The van der Waals surface area contributed by atoms with Crippen molar-refractivity contribution in [1.29, 1.82) is 0 Å². The first-order valence-corrected chi connectivity index (χ1v) is 7.15. The Labute approximate surface area is 128 Å². The van der Waals surface area contributed by atoms with E-state index in [1.54, 1.807) is 0 Å². The third kappa shape index (κ3) is 2.93. The van der Waals surface area contributed by atoms with Crippen LogP contribution in [-0.4, -0.2) is 10.1 Å². The second-order valence-electron chi connectivity index (χ2n) is 4.63. The van der Waals surface area contributed by atoms with Gasteiger partial charge in [-0.1, -0.05) is 35.9 Å². The largest absolute Gasteiger partial charge is 0.332 e. The molecule has 2 aromatic carbocycles. The van der Waals surface area contributed by atoms with E-state index in [1.165, 1.54) is 11.1 Å². The lowest BCUT2D eigenvalue weighted by Crippen LogP contribution is -2.47. The van der Waals surface area contributed by atoms with E-state index < -0.39 is 0 Å². The molecule has 0 spiro atoms. The molecular weight excluding hydrogens is 290 g/mol. The molecule has 0 atom stereocenters. The van der Waals surface area contributed by atoms with Crippen LogP contribution in [0.5, 0.6) is 0 Å². The van der Waals surface area contributed by atoms with Gasteiger partial charge in [0.1, 0.15) is 0 Å². The summed E-state index contributed by atoms with van der Waals surface area (Å²) in [7, 11) is 0. The number of hydrogen-bond donors (Lipinski definition) is 2. The van der Waals surface area contributed by atoms with E-state index in [9.17, 15) is 0 Å². The minimum atomic E-state index is 0.654. The van der Waals surface area contributed by atoms with Gasteiger partial charge in [0.05, 0.1) is 6.54 Å². The topological polar surface area (TPSA) is 27.3 Å². The molecule has 2 aromatic rings. The van der Waals surface area contributed by atoms with Gasteiger partial charge in [-0.3, -0.25) is 5.01 Å². The average Bonchev–Trinajstić information content (AvgIpc) is 2.49. The number of nitrogens with one attached hydrogen (secondary N) is 2. The summed E-state index contributed by atoms with van der Waals surface area (Å²) in [6.45, 7) is 1.55. The van der Waals surface area contributed by atoms with E-state index in [-0.39, 0.29) is 0 Å². The minimum Gasteiger partial charge on any atom is -0.332 e. The van der Waals surface area contributed by atoms with Gasteiger partial charge in [0.15, 0.2) is 5.11 Å². The second-order valence-corrected chi connectivity index (χ2v) is 5.45. The van der Waals surface area contributed by atoms with E-state index in [4.69, 9.17) is 23.8 Å². The Bertz CT molecular complexity index is 627. The van der Waals surface area contributed by atoms with Crippen molar-refractivity contribution < 1.29 is 0 Å². The zero-order chi connectivity index (χ0) is 13.9. The molecule has 102 valence electrons. The first-order chi connectivity index (χ1) is 9.72. The number of fused-ring (bicyclic) bond motifs is 1. The van der Waals surface area contributed by atoms with Gasteiger partial charge in [-0.2, -0.15) is 0 Å². The first kappa shape index (κ1) is 13.4. The van der Waals surface area contributed by atoms with Gasteiger partial charge in [-0.25, -0.2) is 5.43 Å². The lowest BCUT2D eigenvalue weighted by Gasteiger charge is -2.31. The van der Waals surface area contributed by atoms with Crippen molar-refractivity contribution in [1.82, 2.24) is 10.4 Å². The van der Waals surface area contributed by atoms with E-state index in [0.29, 0.717) is 10.1 Å². The molecule has 1 aliphatic heterocycles. The SMILES string of the molecule is S=C(Nc1ccc(Cl)cc1)N1Cc2ccccc2CN1. The number of anilines is 1. The third-order valence-corrected chi connectivity index (χ3v) is 3.82. The van der Waals surface area contributed by atoms with Crippen molar-refractivity contribution in [3.8, 4) is 0 Å². The Balaban J connectivity index is 1.68. The molecule has 3 nitrogen and oxygen atoms in total. The zero-order valence-corrected chi connectivity index (χ0v) is 12.3. The predicted molar refractivity (Wildman–Crippen MR) is 86.5 cm³/mol. The van der Waals surface area contributed by atoms with E-state index in [1.807, 2.05) is 29.3 Å². The number of thiocarbonyl (C=S) groups is 1. The van der Waals surface area contributed by atoms with Crippen LogP contribution in [0.25, 0.3) is 0 Å². The molecule has 20 heavy (non-hydrogen) atoms. The monoisotopic (exact) mass is 303 g/mol. The van der Waals surface area contributed by atoms with Crippen LogP contribution in [0.3, 0.4) is 0 Å². The Morgan fingerprint density at radius 1 is 1.10 bits per heavy atom. The summed E-state index contributed by atoms with van der Waals surface area (Å²) in [5.41, 5.74) is 6.86. The Morgan fingerprint density at radius 2 is 1.80 bits per heavy atom. The fraction of sp³-hybridized carbons (Fsp3) is 0.133. The van der Waals surface area contributed by atoms with Gasteiger partial charge in [0.25, 0.3) is 0 Å². The number of rotatable bonds is 1. The van der Waals surface area contributed by atoms with Crippen molar-refractivity contribution in [2.24, 2.45) is 0 Å². The molecule has 0 amide bonds. The van der Waals surface area contributed by atoms with Crippen LogP contribution in [-0.2, 0) is 13.1 Å². The molecular formula is C15H14ClN3S. The van der Waals surface area contributed by atoms with Crippen LogP contribution in [0.4, 0.5) is 5.69 Å². The van der Waals surface area contributed by atoms with Gasteiger partial charge in [-0.15, -0.1) is 0 Å². The van der Waals surface area contributed by atoms with Gasteiger partial charge in [-0.05, 0) is 47.6 Å². The summed E-state index contributed by atoms with van der Waals surface area (Å²) < 4.78 is 0. The molecule has 0 saturated heterocycles. The maximum atomic E-state index is 5.87. The maximum absolute atomic E-state index is 5.87. The van der Waals surface area contributed by atoms with Crippen molar-refractivity contribution in [2.45, 2.75) is 13.1 Å². The van der Waals surface area contributed by atoms with Crippen LogP contribution in [0.15, 0.2) is 48.5 Å². The van der Waals surface area contributed by atoms with E-state index in [2.05, 4.69) is 35.0 Å². The molecule has 0 aliphatic carbocycles. The van der Waals surface area contributed by atoms with E-state index in [0.717, 1.165) is 18.8 Å². The minimum absolute atomic E-state index is 0.654. The Kier molecular flexibility index (Phi) is 3.87. The third-order valence-electron chi connectivity index (χ3n) is 3.25. The fourth-order valence-electron chi connectivity index (χ4n) is 2.16. The summed E-state index contributed by atoms with van der Waals surface area (Å²) in [6, 6.07) is 15.9. The molecule has 1 aliphatic rings. The number of benzene rings is 2. The molecule has 3 rings (SSSR count). The molecule has 0 saturated carbocycles. The molecule has 0 aromatic heterocycles. The summed E-state index contributed by atoms with van der Waals surface area (Å²) >= 11 is 11.3. The highest BCUT2D eigenvalue weighted by atomic mass is 35.5. The first-order valence-electron chi connectivity index (χ1n) is 6.37. The van der Waals surface area contributed by atoms with Crippen molar-refractivity contribution in [3.63, 3.8) is 0 Å². The fourth-order valence-corrected chi connectivity index (χ4v) is 2.53. The van der Waals surface area contributed by atoms with Crippen LogP contribution >= 0.6 is 23.8 Å². The highest BCUT2D eigenvalue weighted by Gasteiger charge is 2.17. The number of hydrazine groups is 1. The highest BCUT2D eigenvalue weighted by Crippen LogP contribution is 2.18. The summed E-state index contributed by atoms with van der Waals surface area (Å²) in [5.74, 6) is 0. The zero-order valence-electron chi connectivity index (χ0n) is 10.8. The predicted octanol–water partition coefficient (Wildman–Crippen LogP) is 3.56. The quantitative estimate of drug-likeness (QED) is 0.788. The van der Waals surface area contributed by atoms with Crippen LogP contribution in [0.1, 0.15) is 11.1 Å². The molecule has 0 radical (unpaired) electrons. The normalized spacial score (nSPS) is 13.8.